The zero-order chi connectivity index (χ0) is 13.5. The van der Waals surface area contributed by atoms with Crippen LogP contribution in [0, 0.1) is 4.91 Å². The van der Waals surface area contributed by atoms with Crippen molar-refractivity contribution in [3.63, 3.8) is 0 Å². The van der Waals surface area contributed by atoms with Crippen LogP contribution in [0.25, 0.3) is 0 Å². The maximum absolute atomic E-state index is 9.73. The third-order valence-electron chi connectivity index (χ3n) is 1.91. The van der Waals surface area contributed by atoms with Crippen molar-refractivity contribution in [2.45, 2.75) is 29.9 Å². The van der Waals surface area contributed by atoms with Crippen LogP contribution in [0.2, 0.25) is 0 Å². The van der Waals surface area contributed by atoms with Crippen molar-refractivity contribution >= 4 is 22.6 Å². The average Bonchev–Trinajstić information content (AvgIpc) is 2.16. The highest BCUT2D eigenvalue weighted by molar-refractivity contribution is 14.1. The van der Waals surface area contributed by atoms with Gasteiger partial charge in [0, 0.05) is 12.1 Å². The van der Waals surface area contributed by atoms with Crippen LogP contribution in [0.4, 0.5) is 0 Å². The summed E-state index contributed by atoms with van der Waals surface area (Å²) in [5.74, 6) is 0. The van der Waals surface area contributed by atoms with Crippen molar-refractivity contribution in [3.8, 4) is 0 Å². The Balaban J connectivity index is 0.000000557. The molecule has 1 heterocycles. The lowest BCUT2D eigenvalue weighted by molar-refractivity contribution is -0.969. The molecule has 0 saturated heterocycles. The fourth-order valence-electron chi connectivity index (χ4n) is 0.965. The van der Waals surface area contributed by atoms with E-state index in [4.69, 9.17) is 15.3 Å². The van der Waals surface area contributed by atoms with Gasteiger partial charge >= 0.3 is 5.09 Å². The summed E-state index contributed by atoms with van der Waals surface area (Å²) >= 11 is 2.28. The molecule has 0 radical (unpaired) electrons. The molecular formula is C10H17IN2O4+2. The summed E-state index contributed by atoms with van der Waals surface area (Å²) in [6, 6.07) is 5.98. The molecule has 17 heavy (non-hydrogen) atoms. The molecule has 0 fully saturated rings. The van der Waals surface area contributed by atoms with E-state index in [-0.39, 0.29) is 3.92 Å². The highest BCUT2D eigenvalue weighted by Gasteiger charge is 2.27. The SMILES string of the molecule is CC(C)(O)C(I)C[n+]1ccccc1.O=[N+](O)O. The van der Waals surface area contributed by atoms with E-state index < -0.39 is 10.7 Å². The van der Waals surface area contributed by atoms with Crippen LogP contribution in [-0.4, -0.2) is 30.1 Å². The van der Waals surface area contributed by atoms with Crippen LogP contribution < -0.4 is 4.57 Å². The standard InChI is InChI=1S/C10H15INO.H2NO3/c1-10(2,13)9(11)8-12-6-4-3-5-7-12;2-1(3)4/h3-7,9,13H,8H2,1-2H3;(H2,2,3,4)/q2*+1. The van der Waals surface area contributed by atoms with Gasteiger partial charge in [-0.15, -0.1) is 0 Å². The maximum atomic E-state index is 9.73. The first-order chi connectivity index (χ1) is 7.73. The molecule has 0 aromatic carbocycles. The van der Waals surface area contributed by atoms with Gasteiger partial charge in [0.15, 0.2) is 18.9 Å². The number of hydrogen-bond acceptors (Lipinski definition) is 2. The summed E-state index contributed by atoms with van der Waals surface area (Å²) in [6.07, 6.45) is 4.02. The first-order valence-electron chi connectivity index (χ1n) is 4.89. The second kappa shape index (κ2) is 7.38. The van der Waals surface area contributed by atoms with Crippen LogP contribution in [0.5, 0.6) is 0 Å². The van der Waals surface area contributed by atoms with E-state index in [9.17, 15) is 5.11 Å². The Morgan fingerprint density at radius 1 is 1.29 bits per heavy atom. The molecule has 3 N–H and O–H groups in total. The second-order valence-corrected chi connectivity index (χ2v) is 5.45. The minimum Gasteiger partial charge on any atom is -0.389 e. The zero-order valence-electron chi connectivity index (χ0n) is 9.69. The van der Waals surface area contributed by atoms with Gasteiger partial charge in [0.2, 0.25) is 0 Å². The predicted molar refractivity (Wildman–Crippen MR) is 67.9 cm³/mol. The van der Waals surface area contributed by atoms with Crippen LogP contribution in [-0.2, 0) is 6.54 Å². The van der Waals surface area contributed by atoms with E-state index in [1.54, 1.807) is 0 Å². The Morgan fingerprint density at radius 3 is 2.06 bits per heavy atom. The number of rotatable bonds is 3. The lowest BCUT2D eigenvalue weighted by Crippen LogP contribution is -2.45. The number of alkyl halides is 1. The monoisotopic (exact) mass is 356 g/mol. The maximum Gasteiger partial charge on any atom is 0.472 e. The largest absolute Gasteiger partial charge is 0.472 e. The van der Waals surface area contributed by atoms with E-state index >= 15 is 0 Å². The molecule has 1 unspecified atom stereocenters. The molecule has 0 amide bonds. The van der Waals surface area contributed by atoms with Crippen LogP contribution in [0.1, 0.15) is 13.8 Å². The van der Waals surface area contributed by atoms with Crippen molar-refractivity contribution < 1.29 is 25.2 Å². The van der Waals surface area contributed by atoms with Crippen molar-refractivity contribution in [2.24, 2.45) is 0 Å². The average molecular weight is 356 g/mol. The second-order valence-electron chi connectivity index (χ2n) is 3.95. The lowest BCUT2D eigenvalue weighted by Gasteiger charge is -2.21. The molecule has 0 aliphatic heterocycles. The van der Waals surface area contributed by atoms with Gasteiger partial charge in [-0.25, -0.2) is 15.0 Å². The highest BCUT2D eigenvalue weighted by Crippen LogP contribution is 2.17. The minimum absolute atomic E-state index is 0.220. The normalized spacial score (nSPS) is 12.2. The van der Waals surface area contributed by atoms with Gasteiger partial charge in [0.1, 0.15) is 4.91 Å². The molecule has 0 saturated carbocycles. The lowest BCUT2D eigenvalue weighted by atomic mass is 10.1. The Kier molecular flexibility index (Phi) is 6.97. The molecule has 0 aliphatic carbocycles. The molecule has 7 heteroatoms. The molecule has 0 spiro atoms. The summed E-state index contributed by atoms with van der Waals surface area (Å²) in [6.45, 7) is 4.52. The van der Waals surface area contributed by atoms with Crippen molar-refractivity contribution in [3.05, 3.63) is 35.5 Å². The molecule has 6 nitrogen and oxygen atoms in total. The van der Waals surface area contributed by atoms with Crippen LogP contribution in [0.15, 0.2) is 30.6 Å². The summed E-state index contributed by atoms with van der Waals surface area (Å²) in [5.41, 5.74) is -0.622. The first-order valence-corrected chi connectivity index (χ1v) is 6.13. The summed E-state index contributed by atoms with van der Waals surface area (Å²) in [4.78, 5) is 8.47. The van der Waals surface area contributed by atoms with Crippen LogP contribution >= 0.6 is 22.6 Å². The highest BCUT2D eigenvalue weighted by atomic mass is 127. The topological polar surface area (TPSA) is 84.7 Å². The number of halogens is 1. The van der Waals surface area contributed by atoms with Crippen molar-refractivity contribution in [1.29, 1.82) is 0 Å². The summed E-state index contributed by atoms with van der Waals surface area (Å²) in [7, 11) is 0. The van der Waals surface area contributed by atoms with Gasteiger partial charge in [-0.3, -0.25) is 0 Å². The number of aliphatic hydroxyl groups is 1. The van der Waals surface area contributed by atoms with Crippen LogP contribution in [0.3, 0.4) is 0 Å². The fraction of sp³-hybridized carbons (Fsp3) is 0.500. The summed E-state index contributed by atoms with van der Waals surface area (Å²) in [5, 5.41) is 22.3. The quantitative estimate of drug-likeness (QED) is 0.328. The number of nitrogens with zero attached hydrogens (tertiary/aromatic N) is 2. The van der Waals surface area contributed by atoms with E-state index in [0.717, 1.165) is 6.54 Å². The van der Waals surface area contributed by atoms with Gasteiger partial charge in [0.05, 0.1) is 9.53 Å². The smallest absolute Gasteiger partial charge is 0.389 e. The zero-order valence-corrected chi connectivity index (χ0v) is 11.9. The Morgan fingerprint density at radius 2 is 1.71 bits per heavy atom. The fourth-order valence-corrected chi connectivity index (χ4v) is 1.42. The van der Waals surface area contributed by atoms with Gasteiger partial charge in [-0.1, -0.05) is 28.7 Å². The molecule has 0 bridgehead atoms. The molecule has 1 rings (SSSR count). The molecule has 1 aromatic rings. The third kappa shape index (κ3) is 8.81. The number of hydrogen-bond donors (Lipinski definition) is 3. The van der Waals surface area contributed by atoms with Crippen molar-refractivity contribution in [2.75, 3.05) is 0 Å². The molecule has 96 valence electrons. The van der Waals surface area contributed by atoms with Gasteiger partial charge < -0.3 is 5.11 Å². The molecular weight excluding hydrogens is 339 g/mol. The molecule has 1 aromatic heterocycles. The Hall–Kier alpha value is -0.960. The van der Waals surface area contributed by atoms with E-state index in [1.165, 1.54) is 0 Å². The Bertz CT molecular complexity index is 336. The van der Waals surface area contributed by atoms with Crippen molar-refractivity contribution in [1.82, 2.24) is 0 Å². The minimum atomic E-state index is -1.25. The van der Waals surface area contributed by atoms with E-state index in [2.05, 4.69) is 27.2 Å². The van der Waals surface area contributed by atoms with Gasteiger partial charge in [-0.05, 0) is 13.8 Å². The Labute approximate surface area is 113 Å². The number of aromatic nitrogens is 1. The van der Waals surface area contributed by atoms with E-state index in [1.807, 2.05) is 44.4 Å². The summed E-state index contributed by atoms with van der Waals surface area (Å²) < 4.78 is 2.30. The molecule has 0 aliphatic rings. The van der Waals surface area contributed by atoms with Gasteiger partial charge in [-0.2, -0.15) is 0 Å². The third-order valence-corrected chi connectivity index (χ3v) is 3.83. The van der Waals surface area contributed by atoms with Gasteiger partial charge in [0.25, 0.3) is 0 Å². The predicted octanol–water partition coefficient (Wildman–Crippen LogP) is 1.09. The molecule has 1 atom stereocenters. The first kappa shape index (κ1) is 16.0. The number of pyridine rings is 1. The van der Waals surface area contributed by atoms with E-state index in [0.29, 0.717) is 0 Å².